The molecule has 0 bridgehead atoms. The number of rotatable bonds is 9. The molecule has 1 aliphatic rings. The number of aryl methyl sites for hydroxylation is 3. The molecule has 4 aromatic rings. The number of nitrogen functional groups attached to an aromatic ring is 1. The topological polar surface area (TPSA) is 104 Å². The fourth-order valence-electron chi connectivity index (χ4n) is 5.56. The van der Waals surface area contributed by atoms with Crippen molar-refractivity contribution in [3.63, 3.8) is 0 Å². The van der Waals surface area contributed by atoms with Gasteiger partial charge in [-0.15, -0.1) is 0 Å². The number of fused-ring (bicyclic) bond motifs is 1. The van der Waals surface area contributed by atoms with Gasteiger partial charge in [0.15, 0.2) is 0 Å². The van der Waals surface area contributed by atoms with Crippen molar-refractivity contribution in [2.24, 2.45) is 0 Å². The lowest BCUT2D eigenvalue weighted by Crippen LogP contribution is -2.22. The summed E-state index contributed by atoms with van der Waals surface area (Å²) in [5.41, 5.74) is 16.3. The first kappa shape index (κ1) is 29.5. The van der Waals surface area contributed by atoms with Gasteiger partial charge in [0.1, 0.15) is 12.6 Å². The predicted octanol–water partition coefficient (Wildman–Crippen LogP) is 7.38. The Morgan fingerprint density at radius 3 is 2.57 bits per heavy atom. The number of aromatic nitrogens is 3. The van der Waals surface area contributed by atoms with Crippen LogP contribution in [0.4, 0.5) is 16.2 Å². The zero-order valence-corrected chi connectivity index (χ0v) is 26.5. The molecule has 3 N–H and O–H groups in total. The molecule has 1 aliphatic carbocycles. The van der Waals surface area contributed by atoms with E-state index in [0.29, 0.717) is 19.0 Å². The highest BCUT2D eigenvalue weighted by atomic mass is 28.3. The Kier molecular flexibility index (Phi) is 8.52. The summed E-state index contributed by atoms with van der Waals surface area (Å²) in [6.45, 7) is 12.3. The van der Waals surface area contributed by atoms with Crippen LogP contribution in [0, 0.1) is 13.8 Å². The third kappa shape index (κ3) is 6.42. The van der Waals surface area contributed by atoms with Crippen LogP contribution in [-0.4, -0.2) is 42.4 Å². The summed E-state index contributed by atoms with van der Waals surface area (Å²) in [5, 5.41) is 2.72. The van der Waals surface area contributed by atoms with E-state index in [-0.39, 0.29) is 5.92 Å². The third-order valence-electron chi connectivity index (χ3n) is 7.84. The molecule has 9 heteroatoms. The van der Waals surface area contributed by atoms with Crippen molar-refractivity contribution in [1.29, 1.82) is 0 Å². The largest absolute Gasteiger partial charge is 0.453 e. The quantitative estimate of drug-likeness (QED) is 0.121. The van der Waals surface area contributed by atoms with E-state index >= 15 is 0 Å². The first-order chi connectivity index (χ1) is 20.0. The molecular weight excluding hydrogens is 542 g/mol. The highest BCUT2D eigenvalue weighted by molar-refractivity contribution is 6.76. The van der Waals surface area contributed by atoms with Crippen LogP contribution in [0.2, 0.25) is 25.7 Å². The highest BCUT2D eigenvalue weighted by Gasteiger charge is 2.32. The van der Waals surface area contributed by atoms with Crippen LogP contribution in [0.5, 0.6) is 0 Å². The Balaban J connectivity index is 1.50. The lowest BCUT2D eigenvalue weighted by Gasteiger charge is -2.19. The van der Waals surface area contributed by atoms with Crippen molar-refractivity contribution >= 4 is 25.5 Å². The standard InChI is InChI=1S/C33H41N5O3Si/c1-21-7-14-29(34)28(17-21)25-18-24-10-13-27(30(24)35-19-25)32-36-22(2)31(38(32)20-41-15-16-42(4,5)6)23-8-11-26(12-9-23)37-33(39)40-3/h7-9,11-12,14,17-19,27H,10,13,15-16,20,34H2,1-6H3,(H,37,39). The number of anilines is 2. The molecule has 1 unspecified atom stereocenters. The normalized spacial score (nSPS) is 14.6. The van der Waals surface area contributed by atoms with E-state index < -0.39 is 14.2 Å². The molecule has 0 fully saturated rings. The first-order valence-electron chi connectivity index (χ1n) is 14.5. The summed E-state index contributed by atoms with van der Waals surface area (Å²) in [4.78, 5) is 21.8. The number of hydrogen-bond acceptors (Lipinski definition) is 6. The van der Waals surface area contributed by atoms with Gasteiger partial charge in [0.05, 0.1) is 30.1 Å². The average Bonchev–Trinajstić information content (AvgIpc) is 3.52. The van der Waals surface area contributed by atoms with Crippen LogP contribution in [0.3, 0.4) is 0 Å². The van der Waals surface area contributed by atoms with Crippen molar-refractivity contribution in [2.45, 2.75) is 65.0 Å². The van der Waals surface area contributed by atoms with Crippen LogP contribution in [0.25, 0.3) is 22.4 Å². The summed E-state index contributed by atoms with van der Waals surface area (Å²) < 4.78 is 13.2. The second-order valence-electron chi connectivity index (χ2n) is 12.3. The SMILES string of the molecule is COC(=O)Nc1ccc(-c2c(C)nc(C3CCc4cc(-c5cc(C)ccc5N)cnc43)n2COCC[Si](C)(C)C)cc1. The molecule has 1 amide bonds. The molecule has 0 saturated heterocycles. The predicted molar refractivity (Wildman–Crippen MR) is 172 cm³/mol. The minimum absolute atomic E-state index is 0.0669. The number of nitrogens with one attached hydrogen (secondary N) is 1. The van der Waals surface area contributed by atoms with Crippen LogP contribution in [-0.2, 0) is 22.6 Å². The molecule has 0 spiro atoms. The van der Waals surface area contributed by atoms with Crippen LogP contribution in [0.15, 0.2) is 54.7 Å². The van der Waals surface area contributed by atoms with E-state index in [1.54, 1.807) is 0 Å². The molecule has 2 aromatic carbocycles. The van der Waals surface area contributed by atoms with E-state index in [1.807, 2.05) is 49.5 Å². The maximum Gasteiger partial charge on any atom is 0.411 e. The van der Waals surface area contributed by atoms with Crippen LogP contribution in [0.1, 0.15) is 40.7 Å². The number of amides is 1. The lowest BCUT2D eigenvalue weighted by molar-refractivity contribution is 0.0857. The van der Waals surface area contributed by atoms with Crippen molar-refractivity contribution in [1.82, 2.24) is 14.5 Å². The fraction of sp³-hybridized carbons (Fsp3) is 0.364. The van der Waals surface area contributed by atoms with E-state index in [9.17, 15) is 4.79 Å². The molecule has 2 aromatic heterocycles. The number of carbonyl (C=O) groups excluding carboxylic acids is 1. The summed E-state index contributed by atoms with van der Waals surface area (Å²) in [7, 11) is 0.119. The van der Waals surface area contributed by atoms with Crippen molar-refractivity contribution in [3.8, 4) is 22.4 Å². The molecule has 42 heavy (non-hydrogen) atoms. The highest BCUT2D eigenvalue weighted by Crippen LogP contribution is 2.41. The van der Waals surface area contributed by atoms with Gasteiger partial charge in [0.25, 0.3) is 0 Å². The Labute approximate surface area is 249 Å². The van der Waals surface area contributed by atoms with E-state index in [1.165, 1.54) is 18.2 Å². The number of carbonyl (C=O) groups is 1. The Morgan fingerprint density at radius 2 is 1.86 bits per heavy atom. The third-order valence-corrected chi connectivity index (χ3v) is 9.55. The van der Waals surface area contributed by atoms with Crippen molar-refractivity contribution in [3.05, 3.63) is 83.1 Å². The average molecular weight is 584 g/mol. The smallest absolute Gasteiger partial charge is 0.411 e. The minimum atomic E-state index is -1.23. The van der Waals surface area contributed by atoms with Gasteiger partial charge in [0.2, 0.25) is 0 Å². The number of nitrogens with two attached hydrogens (primary N) is 1. The molecule has 2 heterocycles. The first-order valence-corrected chi connectivity index (χ1v) is 18.2. The molecule has 220 valence electrons. The number of benzene rings is 2. The van der Waals surface area contributed by atoms with Gasteiger partial charge in [0, 0.05) is 48.9 Å². The fourth-order valence-corrected chi connectivity index (χ4v) is 6.32. The number of pyridine rings is 1. The number of nitrogens with zero attached hydrogens (tertiary/aromatic N) is 3. The summed E-state index contributed by atoms with van der Waals surface area (Å²) in [6, 6.07) is 17.2. The summed E-state index contributed by atoms with van der Waals surface area (Å²) in [5.74, 6) is 1.04. The van der Waals surface area contributed by atoms with Crippen molar-refractivity contribution in [2.75, 3.05) is 24.8 Å². The van der Waals surface area contributed by atoms with Gasteiger partial charge in [-0.1, -0.05) is 43.4 Å². The maximum absolute atomic E-state index is 11.7. The molecule has 0 saturated carbocycles. The van der Waals surface area contributed by atoms with E-state index in [2.05, 4.69) is 48.6 Å². The van der Waals surface area contributed by atoms with Gasteiger partial charge in [-0.2, -0.15) is 0 Å². The van der Waals surface area contributed by atoms with Gasteiger partial charge in [-0.3, -0.25) is 10.3 Å². The molecule has 8 nitrogen and oxygen atoms in total. The molecular formula is C33H41N5O3Si. The molecule has 0 aliphatic heterocycles. The number of imidazole rings is 1. The molecule has 1 atom stereocenters. The molecule has 0 radical (unpaired) electrons. The Bertz CT molecular complexity index is 1590. The van der Waals surface area contributed by atoms with Gasteiger partial charge < -0.3 is 19.8 Å². The Morgan fingerprint density at radius 1 is 1.10 bits per heavy atom. The van der Waals surface area contributed by atoms with Crippen molar-refractivity contribution < 1.29 is 14.3 Å². The second kappa shape index (κ2) is 12.1. The van der Waals surface area contributed by atoms with E-state index in [4.69, 9.17) is 25.2 Å². The molecule has 5 rings (SSSR count). The number of methoxy groups -OCH3 is 1. The summed E-state index contributed by atoms with van der Waals surface area (Å²) >= 11 is 0. The van der Waals surface area contributed by atoms with E-state index in [0.717, 1.165) is 64.2 Å². The van der Waals surface area contributed by atoms with Crippen LogP contribution < -0.4 is 11.1 Å². The van der Waals surface area contributed by atoms with Crippen LogP contribution >= 0.6 is 0 Å². The van der Waals surface area contributed by atoms with Gasteiger partial charge in [-0.05, 0) is 68.6 Å². The second-order valence-corrected chi connectivity index (χ2v) is 17.9. The maximum atomic E-state index is 11.7. The minimum Gasteiger partial charge on any atom is -0.453 e. The lowest BCUT2D eigenvalue weighted by atomic mass is 10.0. The monoisotopic (exact) mass is 583 g/mol. The zero-order chi connectivity index (χ0) is 30.0. The number of ether oxygens (including phenoxy) is 2. The number of hydrogen-bond donors (Lipinski definition) is 2. The summed E-state index contributed by atoms with van der Waals surface area (Å²) in [6.07, 6.45) is 3.31. The zero-order valence-electron chi connectivity index (χ0n) is 25.5. The Hall–Kier alpha value is -3.95. The van der Waals surface area contributed by atoms with Gasteiger partial charge in [-0.25, -0.2) is 9.78 Å². The van der Waals surface area contributed by atoms with Gasteiger partial charge >= 0.3 is 6.09 Å².